The third-order valence-corrected chi connectivity index (χ3v) is 4.06. The average molecular weight is 349 g/mol. The zero-order chi connectivity index (χ0) is 17.3. The first-order valence-corrected chi connectivity index (χ1v) is 8.95. The third-order valence-electron chi connectivity index (χ3n) is 4.06. The quantitative estimate of drug-likeness (QED) is 0.422. The van der Waals surface area contributed by atoms with Gasteiger partial charge < -0.3 is 29.6 Å². The summed E-state index contributed by atoms with van der Waals surface area (Å²) in [5.41, 5.74) is 1.09. The third kappa shape index (κ3) is 5.51. The molecule has 3 rings (SSSR count). The Labute approximate surface area is 148 Å². The number of hydrogen-bond acceptors (Lipinski definition) is 5. The molecule has 0 saturated carbocycles. The van der Waals surface area contributed by atoms with E-state index in [2.05, 4.69) is 22.5 Å². The maximum Gasteiger partial charge on any atom is 0.231 e. The standard InChI is InChI=1S/C18H27N3O4/c1-2-19-18(20-7-3-8-23-15-6-9-22-12-15)21-11-14-4-5-16-17(10-14)25-13-24-16/h4-5,10,15H,2-3,6-9,11-13H2,1H3,(H2,19,20,21). The molecule has 0 aromatic heterocycles. The minimum atomic E-state index is 0.271. The van der Waals surface area contributed by atoms with Gasteiger partial charge in [0.05, 0.1) is 19.3 Å². The minimum absolute atomic E-state index is 0.271. The van der Waals surface area contributed by atoms with E-state index in [9.17, 15) is 0 Å². The van der Waals surface area contributed by atoms with Crippen molar-refractivity contribution in [1.29, 1.82) is 0 Å². The van der Waals surface area contributed by atoms with Crippen LogP contribution in [0.25, 0.3) is 0 Å². The Balaban J connectivity index is 1.41. The maximum absolute atomic E-state index is 5.77. The van der Waals surface area contributed by atoms with Gasteiger partial charge in [-0.1, -0.05) is 6.07 Å². The number of rotatable bonds is 8. The summed E-state index contributed by atoms with van der Waals surface area (Å²) < 4.78 is 21.8. The van der Waals surface area contributed by atoms with Crippen molar-refractivity contribution in [1.82, 2.24) is 10.6 Å². The number of ether oxygens (including phenoxy) is 4. The van der Waals surface area contributed by atoms with Crippen molar-refractivity contribution in [2.45, 2.75) is 32.4 Å². The van der Waals surface area contributed by atoms with Gasteiger partial charge in [0.25, 0.3) is 0 Å². The van der Waals surface area contributed by atoms with Gasteiger partial charge in [-0.3, -0.25) is 0 Å². The van der Waals surface area contributed by atoms with Crippen molar-refractivity contribution >= 4 is 5.96 Å². The highest BCUT2D eigenvalue weighted by atomic mass is 16.7. The predicted octanol–water partition coefficient (Wildman–Crippen LogP) is 1.67. The van der Waals surface area contributed by atoms with Crippen molar-refractivity contribution in [3.8, 4) is 11.5 Å². The summed E-state index contributed by atoms with van der Waals surface area (Å²) in [6.45, 7) is 6.86. The molecule has 25 heavy (non-hydrogen) atoms. The molecule has 0 aliphatic carbocycles. The second-order valence-corrected chi connectivity index (χ2v) is 6.02. The molecule has 1 fully saturated rings. The molecule has 2 aliphatic rings. The van der Waals surface area contributed by atoms with Crippen LogP contribution in [0.15, 0.2) is 23.2 Å². The van der Waals surface area contributed by atoms with Crippen molar-refractivity contribution in [3.05, 3.63) is 23.8 Å². The van der Waals surface area contributed by atoms with E-state index in [4.69, 9.17) is 18.9 Å². The maximum atomic E-state index is 5.77. The number of aliphatic imine (C=N–C) groups is 1. The highest BCUT2D eigenvalue weighted by Crippen LogP contribution is 2.32. The van der Waals surface area contributed by atoms with Gasteiger partial charge in [0.1, 0.15) is 0 Å². The lowest BCUT2D eigenvalue weighted by molar-refractivity contribution is 0.0420. The van der Waals surface area contributed by atoms with Gasteiger partial charge in [-0.15, -0.1) is 0 Å². The Hall–Kier alpha value is -1.99. The summed E-state index contributed by atoms with van der Waals surface area (Å²) in [4.78, 5) is 4.62. The monoisotopic (exact) mass is 349 g/mol. The number of hydrogen-bond donors (Lipinski definition) is 2. The number of nitrogens with one attached hydrogen (secondary N) is 2. The van der Waals surface area contributed by atoms with Crippen LogP contribution in [0.1, 0.15) is 25.3 Å². The van der Waals surface area contributed by atoms with Gasteiger partial charge in [-0.05, 0) is 37.5 Å². The van der Waals surface area contributed by atoms with Crippen LogP contribution >= 0.6 is 0 Å². The second-order valence-electron chi connectivity index (χ2n) is 6.02. The van der Waals surface area contributed by atoms with Gasteiger partial charge in [-0.2, -0.15) is 0 Å². The Morgan fingerprint density at radius 2 is 2.20 bits per heavy atom. The summed E-state index contributed by atoms with van der Waals surface area (Å²) >= 11 is 0. The van der Waals surface area contributed by atoms with E-state index in [1.807, 2.05) is 18.2 Å². The molecule has 0 radical (unpaired) electrons. The van der Waals surface area contributed by atoms with E-state index < -0.39 is 0 Å². The fourth-order valence-corrected chi connectivity index (χ4v) is 2.72. The van der Waals surface area contributed by atoms with E-state index in [-0.39, 0.29) is 6.10 Å². The van der Waals surface area contributed by atoms with Gasteiger partial charge in [-0.25, -0.2) is 4.99 Å². The zero-order valence-electron chi connectivity index (χ0n) is 14.8. The SMILES string of the molecule is CCNC(=NCc1ccc2c(c1)OCO2)NCCCOC1CCOC1. The lowest BCUT2D eigenvalue weighted by Gasteiger charge is -2.13. The molecule has 7 heteroatoms. The molecule has 2 heterocycles. The van der Waals surface area contributed by atoms with E-state index >= 15 is 0 Å². The molecule has 0 amide bonds. The van der Waals surface area contributed by atoms with E-state index in [0.717, 1.165) is 68.8 Å². The highest BCUT2D eigenvalue weighted by Gasteiger charge is 2.15. The molecule has 0 spiro atoms. The zero-order valence-corrected chi connectivity index (χ0v) is 14.8. The first kappa shape index (κ1) is 17.8. The number of fused-ring (bicyclic) bond motifs is 1. The summed E-state index contributed by atoms with van der Waals surface area (Å²) in [7, 11) is 0. The first-order chi connectivity index (χ1) is 12.3. The van der Waals surface area contributed by atoms with Gasteiger partial charge in [0, 0.05) is 26.3 Å². The summed E-state index contributed by atoms with van der Waals surface area (Å²) in [6, 6.07) is 5.92. The van der Waals surface area contributed by atoms with Crippen LogP contribution in [-0.4, -0.2) is 51.8 Å². The van der Waals surface area contributed by atoms with Crippen LogP contribution in [0, 0.1) is 0 Å². The Morgan fingerprint density at radius 3 is 3.04 bits per heavy atom. The lowest BCUT2D eigenvalue weighted by Crippen LogP contribution is -2.38. The van der Waals surface area contributed by atoms with Crippen LogP contribution in [0.3, 0.4) is 0 Å². The molecule has 1 aromatic rings. The number of benzene rings is 1. The van der Waals surface area contributed by atoms with E-state index in [1.54, 1.807) is 0 Å². The molecule has 0 bridgehead atoms. The molecular formula is C18H27N3O4. The molecule has 1 unspecified atom stereocenters. The normalized spacial score (nSPS) is 19.2. The highest BCUT2D eigenvalue weighted by molar-refractivity contribution is 5.79. The number of guanidine groups is 1. The Bertz CT molecular complexity index is 573. The Morgan fingerprint density at radius 1 is 1.28 bits per heavy atom. The fraction of sp³-hybridized carbons (Fsp3) is 0.611. The molecule has 1 saturated heterocycles. The molecule has 2 aliphatic heterocycles. The summed E-state index contributed by atoms with van der Waals surface area (Å²) in [5.74, 6) is 2.40. The van der Waals surface area contributed by atoms with Crippen LogP contribution in [0.4, 0.5) is 0 Å². The number of nitrogens with zero attached hydrogens (tertiary/aromatic N) is 1. The first-order valence-electron chi connectivity index (χ1n) is 8.95. The second kappa shape index (κ2) is 9.48. The summed E-state index contributed by atoms with van der Waals surface area (Å²) in [5, 5.41) is 6.60. The fourth-order valence-electron chi connectivity index (χ4n) is 2.72. The van der Waals surface area contributed by atoms with Crippen LogP contribution in [0.5, 0.6) is 11.5 Å². The van der Waals surface area contributed by atoms with Crippen LogP contribution in [-0.2, 0) is 16.0 Å². The average Bonchev–Trinajstić information content (AvgIpc) is 3.30. The van der Waals surface area contributed by atoms with Gasteiger partial charge in [0.2, 0.25) is 6.79 Å². The molecule has 7 nitrogen and oxygen atoms in total. The van der Waals surface area contributed by atoms with Crippen LogP contribution in [0.2, 0.25) is 0 Å². The Kier molecular flexibility index (Phi) is 6.76. The molecule has 2 N–H and O–H groups in total. The van der Waals surface area contributed by atoms with Crippen molar-refractivity contribution in [2.75, 3.05) is 39.7 Å². The van der Waals surface area contributed by atoms with Gasteiger partial charge in [0.15, 0.2) is 17.5 Å². The van der Waals surface area contributed by atoms with E-state index in [0.29, 0.717) is 13.3 Å². The molecular weight excluding hydrogens is 322 g/mol. The smallest absolute Gasteiger partial charge is 0.231 e. The molecule has 138 valence electrons. The minimum Gasteiger partial charge on any atom is -0.454 e. The van der Waals surface area contributed by atoms with Crippen molar-refractivity contribution < 1.29 is 18.9 Å². The van der Waals surface area contributed by atoms with Crippen molar-refractivity contribution in [3.63, 3.8) is 0 Å². The van der Waals surface area contributed by atoms with Gasteiger partial charge >= 0.3 is 0 Å². The topological polar surface area (TPSA) is 73.3 Å². The summed E-state index contributed by atoms with van der Waals surface area (Å²) in [6.07, 6.45) is 2.21. The lowest BCUT2D eigenvalue weighted by atomic mass is 10.2. The van der Waals surface area contributed by atoms with Crippen molar-refractivity contribution in [2.24, 2.45) is 4.99 Å². The molecule has 1 atom stereocenters. The van der Waals surface area contributed by atoms with E-state index in [1.165, 1.54) is 0 Å². The predicted molar refractivity (Wildman–Crippen MR) is 95.2 cm³/mol. The largest absolute Gasteiger partial charge is 0.454 e. The van der Waals surface area contributed by atoms with Crippen LogP contribution < -0.4 is 20.1 Å². The molecule has 1 aromatic carbocycles.